The highest BCUT2D eigenvalue weighted by Crippen LogP contribution is 2.15. The van der Waals surface area contributed by atoms with Crippen LogP contribution in [0.15, 0.2) is 71.5 Å². The Kier molecular flexibility index (Phi) is 7.69. The maximum atomic E-state index is 12.5. The number of carbonyl (C=O) groups is 3. The van der Waals surface area contributed by atoms with Gasteiger partial charge in [-0.2, -0.15) is 5.10 Å². The molecule has 0 fully saturated rings. The van der Waals surface area contributed by atoms with E-state index < -0.39 is 6.04 Å². The third-order valence-corrected chi connectivity index (χ3v) is 4.82. The first kappa shape index (κ1) is 23.4. The Bertz CT molecular complexity index is 1190. The number of amides is 3. The number of carbonyl (C=O) groups excluding carboxylic acids is 3. The van der Waals surface area contributed by atoms with Crippen molar-refractivity contribution in [2.24, 2.45) is 0 Å². The van der Waals surface area contributed by atoms with Gasteiger partial charge >= 0.3 is 0 Å². The van der Waals surface area contributed by atoms with Gasteiger partial charge in [0, 0.05) is 42.9 Å². The molecule has 1 heterocycles. The second-order valence-corrected chi connectivity index (χ2v) is 7.35. The SMILES string of the molecule is CC(=O)Nc1ccc(C(=O)NCCNC(=O)C(C)n2nc(-c3ccccc3)ccc2=O)cc1. The minimum absolute atomic E-state index is 0.187. The Morgan fingerprint density at radius 2 is 1.58 bits per heavy atom. The van der Waals surface area contributed by atoms with Crippen LogP contribution in [0.1, 0.15) is 30.2 Å². The van der Waals surface area contributed by atoms with Crippen LogP contribution < -0.4 is 21.5 Å². The molecular weight excluding hydrogens is 422 g/mol. The van der Waals surface area contributed by atoms with Gasteiger partial charge in [0.1, 0.15) is 6.04 Å². The van der Waals surface area contributed by atoms with Gasteiger partial charge in [0.05, 0.1) is 5.69 Å². The van der Waals surface area contributed by atoms with Crippen molar-refractivity contribution in [3.8, 4) is 11.3 Å². The molecule has 0 bridgehead atoms. The van der Waals surface area contributed by atoms with Crippen LogP contribution in [0.3, 0.4) is 0 Å². The predicted molar refractivity (Wildman–Crippen MR) is 125 cm³/mol. The highest BCUT2D eigenvalue weighted by atomic mass is 16.2. The molecule has 0 saturated heterocycles. The van der Waals surface area contributed by atoms with Crippen LogP contribution in [0.4, 0.5) is 5.69 Å². The van der Waals surface area contributed by atoms with E-state index in [1.807, 2.05) is 30.3 Å². The monoisotopic (exact) mass is 447 g/mol. The molecule has 0 spiro atoms. The van der Waals surface area contributed by atoms with Gasteiger partial charge in [0.25, 0.3) is 11.5 Å². The molecule has 0 aliphatic heterocycles. The molecule has 0 aliphatic carbocycles. The molecule has 0 radical (unpaired) electrons. The lowest BCUT2D eigenvalue weighted by molar-refractivity contribution is -0.124. The van der Waals surface area contributed by atoms with Crippen molar-refractivity contribution in [2.45, 2.75) is 19.9 Å². The first-order valence-corrected chi connectivity index (χ1v) is 10.4. The van der Waals surface area contributed by atoms with Crippen LogP contribution in [0, 0.1) is 0 Å². The molecule has 2 aromatic carbocycles. The summed E-state index contributed by atoms with van der Waals surface area (Å²) in [6.45, 7) is 3.39. The molecular formula is C24H25N5O4. The Hall–Kier alpha value is -4.27. The van der Waals surface area contributed by atoms with Gasteiger partial charge in [0.2, 0.25) is 11.8 Å². The summed E-state index contributed by atoms with van der Waals surface area (Å²) < 4.78 is 1.15. The highest BCUT2D eigenvalue weighted by Gasteiger charge is 2.18. The number of aromatic nitrogens is 2. The normalized spacial score (nSPS) is 11.3. The van der Waals surface area contributed by atoms with Gasteiger partial charge in [-0.3, -0.25) is 19.2 Å². The van der Waals surface area contributed by atoms with Gasteiger partial charge in [-0.05, 0) is 37.3 Å². The van der Waals surface area contributed by atoms with Crippen molar-refractivity contribution in [2.75, 3.05) is 18.4 Å². The average molecular weight is 447 g/mol. The van der Waals surface area contributed by atoms with Gasteiger partial charge in [0.15, 0.2) is 0 Å². The fraction of sp³-hybridized carbons (Fsp3) is 0.208. The van der Waals surface area contributed by atoms with Crippen molar-refractivity contribution in [1.82, 2.24) is 20.4 Å². The van der Waals surface area contributed by atoms with Crippen LogP contribution in [0.5, 0.6) is 0 Å². The molecule has 1 unspecified atom stereocenters. The lowest BCUT2D eigenvalue weighted by atomic mass is 10.1. The molecule has 3 N–H and O–H groups in total. The summed E-state index contributed by atoms with van der Waals surface area (Å²) >= 11 is 0. The fourth-order valence-electron chi connectivity index (χ4n) is 3.10. The second kappa shape index (κ2) is 10.9. The smallest absolute Gasteiger partial charge is 0.267 e. The summed E-state index contributed by atoms with van der Waals surface area (Å²) in [5.41, 5.74) is 2.07. The molecule has 0 aliphatic rings. The summed E-state index contributed by atoms with van der Waals surface area (Å²) in [4.78, 5) is 48.1. The van der Waals surface area contributed by atoms with E-state index in [1.165, 1.54) is 13.0 Å². The minimum atomic E-state index is -0.821. The average Bonchev–Trinajstić information content (AvgIpc) is 2.82. The molecule has 33 heavy (non-hydrogen) atoms. The van der Waals surface area contributed by atoms with Crippen molar-refractivity contribution in [1.29, 1.82) is 0 Å². The molecule has 3 aromatic rings. The molecule has 3 amide bonds. The number of hydrogen-bond acceptors (Lipinski definition) is 5. The van der Waals surface area contributed by atoms with E-state index in [0.29, 0.717) is 16.9 Å². The maximum Gasteiger partial charge on any atom is 0.267 e. The third-order valence-electron chi connectivity index (χ3n) is 4.82. The largest absolute Gasteiger partial charge is 0.352 e. The standard InChI is InChI=1S/C24H25N5O4/c1-16(29-22(31)13-12-21(28-29)18-6-4-3-5-7-18)23(32)25-14-15-26-24(33)19-8-10-20(11-9-19)27-17(2)30/h3-13,16H,14-15H2,1-2H3,(H,25,32)(H,26,33)(H,27,30). The molecule has 1 aromatic heterocycles. The summed E-state index contributed by atoms with van der Waals surface area (Å²) in [6.07, 6.45) is 0. The number of nitrogens with zero attached hydrogens (tertiary/aromatic N) is 2. The fourth-order valence-corrected chi connectivity index (χ4v) is 3.10. The summed E-state index contributed by atoms with van der Waals surface area (Å²) in [5.74, 6) is -0.884. The maximum absolute atomic E-state index is 12.5. The number of benzene rings is 2. The van der Waals surface area contributed by atoms with Gasteiger partial charge in [-0.15, -0.1) is 0 Å². The van der Waals surface area contributed by atoms with Crippen LogP contribution in [0.2, 0.25) is 0 Å². The molecule has 3 rings (SSSR count). The predicted octanol–water partition coefficient (Wildman–Crippen LogP) is 1.98. The van der Waals surface area contributed by atoms with E-state index in [-0.39, 0.29) is 36.4 Å². The topological polar surface area (TPSA) is 122 Å². The highest BCUT2D eigenvalue weighted by molar-refractivity contribution is 5.95. The molecule has 170 valence electrons. The van der Waals surface area contributed by atoms with E-state index >= 15 is 0 Å². The number of hydrogen-bond donors (Lipinski definition) is 3. The van der Waals surface area contributed by atoms with E-state index in [4.69, 9.17) is 0 Å². The summed E-state index contributed by atoms with van der Waals surface area (Å²) in [5, 5.41) is 12.4. The van der Waals surface area contributed by atoms with Crippen molar-refractivity contribution >= 4 is 23.4 Å². The minimum Gasteiger partial charge on any atom is -0.352 e. The first-order chi connectivity index (χ1) is 15.8. The van der Waals surface area contributed by atoms with E-state index in [0.717, 1.165) is 10.2 Å². The van der Waals surface area contributed by atoms with Crippen LogP contribution in [0.25, 0.3) is 11.3 Å². The molecule has 1 atom stereocenters. The van der Waals surface area contributed by atoms with E-state index in [1.54, 1.807) is 37.3 Å². The van der Waals surface area contributed by atoms with E-state index in [9.17, 15) is 19.2 Å². The lowest BCUT2D eigenvalue weighted by Crippen LogP contribution is -2.40. The van der Waals surface area contributed by atoms with Gasteiger partial charge in [-0.1, -0.05) is 30.3 Å². The zero-order valence-electron chi connectivity index (χ0n) is 18.4. The van der Waals surface area contributed by atoms with E-state index in [2.05, 4.69) is 21.0 Å². The summed E-state index contributed by atoms with van der Waals surface area (Å²) in [6, 6.07) is 18.0. The Balaban J connectivity index is 1.52. The summed E-state index contributed by atoms with van der Waals surface area (Å²) in [7, 11) is 0. The first-order valence-electron chi connectivity index (χ1n) is 10.4. The Morgan fingerprint density at radius 1 is 0.909 bits per heavy atom. The number of nitrogens with one attached hydrogen (secondary N) is 3. The van der Waals surface area contributed by atoms with Crippen molar-refractivity contribution < 1.29 is 14.4 Å². The zero-order valence-corrected chi connectivity index (χ0v) is 18.4. The zero-order chi connectivity index (χ0) is 23.8. The van der Waals surface area contributed by atoms with Crippen LogP contribution >= 0.6 is 0 Å². The van der Waals surface area contributed by atoms with Crippen LogP contribution in [-0.2, 0) is 9.59 Å². The van der Waals surface area contributed by atoms with Crippen molar-refractivity contribution in [3.63, 3.8) is 0 Å². The Morgan fingerprint density at radius 3 is 2.24 bits per heavy atom. The van der Waals surface area contributed by atoms with Gasteiger partial charge < -0.3 is 16.0 Å². The number of rotatable bonds is 8. The molecule has 9 heteroatoms. The Labute approximate surface area is 190 Å². The third kappa shape index (κ3) is 6.36. The van der Waals surface area contributed by atoms with Crippen molar-refractivity contribution in [3.05, 3.63) is 82.6 Å². The molecule has 0 saturated carbocycles. The molecule has 9 nitrogen and oxygen atoms in total. The lowest BCUT2D eigenvalue weighted by Gasteiger charge is -2.15. The van der Waals surface area contributed by atoms with Gasteiger partial charge in [-0.25, -0.2) is 4.68 Å². The van der Waals surface area contributed by atoms with Crippen LogP contribution in [-0.4, -0.2) is 40.6 Å². The number of anilines is 1. The second-order valence-electron chi connectivity index (χ2n) is 7.35. The quantitative estimate of drug-likeness (QED) is 0.456.